The molecular formula is C28H25NO4S2. The number of rotatable bonds is 6. The fourth-order valence-electron chi connectivity index (χ4n) is 4.75. The van der Waals surface area contributed by atoms with Gasteiger partial charge in [-0.25, -0.2) is 0 Å². The number of hydrogen-bond donors (Lipinski definition) is 1. The number of amides is 1. The second kappa shape index (κ2) is 10.2. The van der Waals surface area contributed by atoms with Crippen molar-refractivity contribution in [2.75, 3.05) is 0 Å². The van der Waals surface area contributed by atoms with E-state index in [2.05, 4.69) is 24.3 Å². The molecule has 5 nitrogen and oxygen atoms in total. The quantitative estimate of drug-likeness (QED) is 0.311. The van der Waals surface area contributed by atoms with E-state index in [4.69, 9.17) is 16.6 Å². The zero-order valence-electron chi connectivity index (χ0n) is 19.1. The van der Waals surface area contributed by atoms with E-state index < -0.39 is 11.9 Å². The summed E-state index contributed by atoms with van der Waals surface area (Å²) < 4.78 is 6.51. The molecule has 3 aromatic rings. The summed E-state index contributed by atoms with van der Waals surface area (Å²) in [6.45, 7) is 0. The number of thiocarbonyl (C=S) groups is 1. The van der Waals surface area contributed by atoms with Crippen molar-refractivity contribution in [2.45, 2.75) is 38.1 Å². The molecule has 2 unspecified atom stereocenters. The minimum Gasteiger partial charge on any atom is -0.481 e. The maximum atomic E-state index is 13.1. The van der Waals surface area contributed by atoms with Crippen molar-refractivity contribution in [1.82, 2.24) is 4.90 Å². The summed E-state index contributed by atoms with van der Waals surface area (Å²) in [4.78, 5) is 26.7. The Balaban J connectivity index is 1.28. The Morgan fingerprint density at radius 2 is 1.80 bits per heavy atom. The molecule has 1 aromatic heterocycles. The number of carboxylic acids is 1. The molecule has 2 fully saturated rings. The summed E-state index contributed by atoms with van der Waals surface area (Å²) in [5, 5.41) is 9.39. The highest BCUT2D eigenvalue weighted by Gasteiger charge is 2.40. The monoisotopic (exact) mass is 503 g/mol. The van der Waals surface area contributed by atoms with Crippen molar-refractivity contribution < 1.29 is 19.1 Å². The van der Waals surface area contributed by atoms with Crippen molar-refractivity contribution in [3.8, 4) is 11.3 Å². The standard InChI is InChI=1S/C28H25NO4S2/c30-26-25(35-28(34)29(26)22-8-4-7-21(16-22)27(31)32)17-23-13-14-24(33-23)20-11-9-19(10-12-20)15-18-5-2-1-3-6-18/h1-3,5-6,9-14,17,21-22H,4,7-8,15-16H2,(H,31,32). The van der Waals surface area contributed by atoms with E-state index in [9.17, 15) is 14.7 Å². The number of hydrogen-bond acceptors (Lipinski definition) is 5. The topological polar surface area (TPSA) is 70.8 Å². The third kappa shape index (κ3) is 5.26. The van der Waals surface area contributed by atoms with Crippen molar-refractivity contribution in [3.63, 3.8) is 0 Å². The van der Waals surface area contributed by atoms with Crippen molar-refractivity contribution in [2.24, 2.45) is 5.92 Å². The van der Waals surface area contributed by atoms with Crippen molar-refractivity contribution >= 4 is 46.3 Å². The first-order chi connectivity index (χ1) is 17.0. The highest BCUT2D eigenvalue weighted by Crippen LogP contribution is 2.39. The van der Waals surface area contributed by atoms with E-state index in [1.165, 1.54) is 22.9 Å². The van der Waals surface area contributed by atoms with E-state index in [0.717, 1.165) is 30.6 Å². The summed E-state index contributed by atoms with van der Waals surface area (Å²) in [6.07, 6.45) is 5.25. The summed E-state index contributed by atoms with van der Waals surface area (Å²) in [6, 6.07) is 22.2. The van der Waals surface area contributed by atoms with E-state index >= 15 is 0 Å². The first kappa shape index (κ1) is 23.6. The van der Waals surface area contributed by atoms with Gasteiger partial charge in [0.05, 0.1) is 10.8 Å². The number of carbonyl (C=O) groups is 2. The lowest BCUT2D eigenvalue weighted by Crippen LogP contribution is -2.42. The first-order valence-electron chi connectivity index (χ1n) is 11.7. The van der Waals surface area contributed by atoms with E-state index in [1.54, 1.807) is 11.0 Å². The van der Waals surface area contributed by atoms with Crippen LogP contribution in [0.25, 0.3) is 17.4 Å². The van der Waals surface area contributed by atoms with Gasteiger partial charge in [0, 0.05) is 17.7 Å². The molecule has 0 bridgehead atoms. The molecular weight excluding hydrogens is 478 g/mol. The Labute approximate surface area is 213 Å². The number of aliphatic carboxylic acids is 1. The van der Waals surface area contributed by atoms with Crippen LogP contribution in [0, 0.1) is 5.92 Å². The second-order valence-corrected chi connectivity index (χ2v) is 10.6. The minimum absolute atomic E-state index is 0.162. The zero-order valence-corrected chi connectivity index (χ0v) is 20.7. The van der Waals surface area contributed by atoms with Crippen LogP contribution in [0.5, 0.6) is 0 Å². The minimum atomic E-state index is -0.799. The van der Waals surface area contributed by atoms with Gasteiger partial charge >= 0.3 is 5.97 Å². The van der Waals surface area contributed by atoms with Gasteiger partial charge in [0.25, 0.3) is 5.91 Å². The molecule has 35 heavy (non-hydrogen) atoms. The molecule has 1 N–H and O–H groups in total. The Hall–Kier alpha value is -3.16. The van der Waals surface area contributed by atoms with Gasteiger partial charge in [-0.15, -0.1) is 0 Å². The summed E-state index contributed by atoms with van der Waals surface area (Å²) in [7, 11) is 0. The lowest BCUT2D eigenvalue weighted by molar-refractivity contribution is -0.144. The molecule has 7 heteroatoms. The van der Waals surface area contributed by atoms with Crippen LogP contribution in [-0.4, -0.2) is 32.2 Å². The van der Waals surface area contributed by atoms with Gasteiger partial charge in [0.1, 0.15) is 15.8 Å². The fourth-order valence-corrected chi connectivity index (χ4v) is 6.13. The van der Waals surface area contributed by atoms with E-state index in [0.29, 0.717) is 27.8 Å². The van der Waals surface area contributed by atoms with Crippen LogP contribution < -0.4 is 0 Å². The third-order valence-electron chi connectivity index (χ3n) is 6.57. The van der Waals surface area contributed by atoms with Crippen LogP contribution in [-0.2, 0) is 16.0 Å². The molecule has 2 atom stereocenters. The lowest BCUT2D eigenvalue weighted by Gasteiger charge is -2.32. The molecule has 1 aliphatic carbocycles. The van der Waals surface area contributed by atoms with Crippen LogP contribution in [0.2, 0.25) is 0 Å². The zero-order chi connectivity index (χ0) is 24.4. The number of benzene rings is 2. The molecule has 2 aromatic carbocycles. The number of carbonyl (C=O) groups excluding carboxylic acids is 1. The lowest BCUT2D eigenvalue weighted by atomic mass is 9.85. The molecule has 1 saturated carbocycles. The van der Waals surface area contributed by atoms with Crippen LogP contribution >= 0.6 is 24.0 Å². The largest absolute Gasteiger partial charge is 0.481 e. The van der Waals surface area contributed by atoms with Gasteiger partial charge in [-0.2, -0.15) is 0 Å². The summed E-state index contributed by atoms with van der Waals surface area (Å²) in [5.74, 6) is -0.0734. The van der Waals surface area contributed by atoms with Crippen LogP contribution in [0.15, 0.2) is 76.1 Å². The third-order valence-corrected chi connectivity index (χ3v) is 7.90. The maximum Gasteiger partial charge on any atom is 0.306 e. The molecule has 1 saturated heterocycles. The number of furan rings is 1. The molecule has 0 spiro atoms. The highest BCUT2D eigenvalue weighted by atomic mass is 32.2. The van der Waals surface area contributed by atoms with E-state index in [-0.39, 0.29) is 11.9 Å². The van der Waals surface area contributed by atoms with Gasteiger partial charge in [-0.1, -0.05) is 85.0 Å². The summed E-state index contributed by atoms with van der Waals surface area (Å²) in [5.41, 5.74) is 3.46. The Morgan fingerprint density at radius 3 is 2.54 bits per heavy atom. The Bertz CT molecular complexity index is 1280. The summed E-state index contributed by atoms with van der Waals surface area (Å²) >= 11 is 6.74. The van der Waals surface area contributed by atoms with Gasteiger partial charge in [0.2, 0.25) is 0 Å². The Kier molecular flexibility index (Phi) is 6.88. The highest BCUT2D eigenvalue weighted by molar-refractivity contribution is 8.26. The molecule has 5 rings (SSSR count). The predicted molar refractivity (Wildman–Crippen MR) is 142 cm³/mol. The number of carboxylic acid groups (broad SMARTS) is 1. The average molecular weight is 504 g/mol. The molecule has 1 aliphatic heterocycles. The second-order valence-electron chi connectivity index (χ2n) is 8.97. The van der Waals surface area contributed by atoms with Crippen LogP contribution in [0.4, 0.5) is 0 Å². The maximum absolute atomic E-state index is 13.1. The molecule has 1 amide bonds. The Morgan fingerprint density at radius 1 is 1.06 bits per heavy atom. The predicted octanol–water partition coefficient (Wildman–Crippen LogP) is 6.38. The van der Waals surface area contributed by atoms with Crippen molar-refractivity contribution in [3.05, 3.63) is 88.5 Å². The number of nitrogens with zero attached hydrogens (tertiary/aromatic N) is 1. The fraction of sp³-hybridized carbons (Fsp3) is 0.250. The van der Waals surface area contributed by atoms with Gasteiger partial charge in [-0.3, -0.25) is 14.5 Å². The first-order valence-corrected chi connectivity index (χ1v) is 12.9. The van der Waals surface area contributed by atoms with Gasteiger partial charge in [-0.05, 0) is 48.9 Å². The molecule has 0 radical (unpaired) electrons. The van der Waals surface area contributed by atoms with E-state index in [1.807, 2.05) is 42.5 Å². The normalized spacial score (nSPS) is 21.6. The number of thioether (sulfide) groups is 1. The SMILES string of the molecule is O=C(O)C1CCCC(N2C(=O)C(=Cc3ccc(-c4ccc(Cc5ccccc5)cc4)o3)SC2=S)C1. The van der Waals surface area contributed by atoms with Crippen molar-refractivity contribution in [1.29, 1.82) is 0 Å². The van der Waals surface area contributed by atoms with Gasteiger partial charge in [0.15, 0.2) is 0 Å². The molecule has 2 aliphatic rings. The molecule has 178 valence electrons. The van der Waals surface area contributed by atoms with Gasteiger partial charge < -0.3 is 9.52 Å². The average Bonchev–Trinajstić information content (AvgIpc) is 3.44. The molecule has 2 heterocycles. The van der Waals surface area contributed by atoms with Crippen LogP contribution in [0.1, 0.15) is 42.6 Å². The smallest absolute Gasteiger partial charge is 0.306 e. The van der Waals surface area contributed by atoms with Crippen LogP contribution in [0.3, 0.4) is 0 Å².